The second kappa shape index (κ2) is 8.14. The van der Waals surface area contributed by atoms with Gasteiger partial charge in [-0.1, -0.05) is 31.6 Å². The van der Waals surface area contributed by atoms with E-state index in [9.17, 15) is 9.18 Å². The first-order valence-corrected chi connectivity index (χ1v) is 13.1. The fourth-order valence-electron chi connectivity index (χ4n) is 8.10. The highest BCUT2D eigenvalue weighted by Gasteiger charge is 2.57. The van der Waals surface area contributed by atoms with Crippen molar-refractivity contribution in [1.29, 1.82) is 0 Å². The van der Waals surface area contributed by atoms with Gasteiger partial charge in [0.25, 0.3) is 5.91 Å². The van der Waals surface area contributed by atoms with Crippen LogP contribution in [-0.4, -0.2) is 26.5 Å². The van der Waals surface area contributed by atoms with Crippen LogP contribution in [0, 0.1) is 41.3 Å². The summed E-state index contributed by atoms with van der Waals surface area (Å²) >= 11 is 0. The number of pyridine rings is 1. The van der Waals surface area contributed by atoms with E-state index >= 15 is 0 Å². The van der Waals surface area contributed by atoms with Crippen molar-refractivity contribution in [2.45, 2.75) is 71.8 Å². The second-order valence-electron chi connectivity index (χ2n) is 11.7. The summed E-state index contributed by atoms with van der Waals surface area (Å²) in [4.78, 5) is 20.9. The van der Waals surface area contributed by atoms with Crippen molar-refractivity contribution >= 4 is 11.6 Å². The molecule has 6 rings (SSSR count). The van der Waals surface area contributed by atoms with Crippen molar-refractivity contribution in [3.63, 3.8) is 0 Å². The fraction of sp³-hybridized carbons (Fsp3) is 0.552. The van der Waals surface area contributed by atoms with E-state index in [1.165, 1.54) is 36.4 Å². The number of hydrogen-bond donors (Lipinski definition) is 1. The predicted molar refractivity (Wildman–Crippen MR) is 134 cm³/mol. The number of imidazole rings is 1. The normalized spacial score (nSPS) is 35.9. The number of nitrogens with zero attached hydrogens (tertiary/aromatic N) is 3. The lowest BCUT2D eigenvalue weighted by Gasteiger charge is -2.58. The maximum atomic E-state index is 14.0. The average Bonchev–Trinajstić information content (AvgIpc) is 3.41. The quantitative estimate of drug-likeness (QED) is 0.560. The molecule has 6 heteroatoms. The molecule has 4 aliphatic rings. The van der Waals surface area contributed by atoms with E-state index in [1.54, 1.807) is 0 Å². The molecule has 2 heterocycles. The van der Waals surface area contributed by atoms with E-state index < -0.39 is 5.82 Å². The largest absolute Gasteiger partial charge is 0.349 e. The molecule has 2 fully saturated rings. The minimum Gasteiger partial charge on any atom is -0.349 e. The fourth-order valence-corrected chi connectivity index (χ4v) is 8.10. The lowest BCUT2D eigenvalue weighted by atomic mass is 9.47. The van der Waals surface area contributed by atoms with E-state index in [0.29, 0.717) is 17.8 Å². The summed E-state index contributed by atoms with van der Waals surface area (Å²) in [5.74, 6) is 1.15. The Hall–Kier alpha value is -2.76. The first-order valence-electron chi connectivity index (χ1n) is 13.1. The summed E-state index contributed by atoms with van der Waals surface area (Å²) in [6, 6.07) is 1.51. The van der Waals surface area contributed by atoms with Crippen LogP contribution < -0.4 is 5.32 Å². The van der Waals surface area contributed by atoms with Crippen LogP contribution in [-0.2, 0) is 0 Å². The summed E-state index contributed by atoms with van der Waals surface area (Å²) in [6.45, 7) is 7.01. The number of rotatable bonds is 3. The molecule has 2 saturated carbocycles. The molecular weight excluding hydrogens is 439 g/mol. The SMILES string of the molecule is Cc1cn(C2=CCC3C4CC=C5CC(NC(=O)c6ccncc6F)CCC5(C)C4CCC23C)cn1. The maximum Gasteiger partial charge on any atom is 0.254 e. The number of allylic oxidation sites excluding steroid dienone is 3. The van der Waals surface area contributed by atoms with E-state index in [0.717, 1.165) is 44.0 Å². The van der Waals surface area contributed by atoms with Gasteiger partial charge in [-0.3, -0.25) is 9.78 Å². The first kappa shape index (κ1) is 22.7. The van der Waals surface area contributed by atoms with Crippen molar-refractivity contribution < 1.29 is 9.18 Å². The van der Waals surface area contributed by atoms with Crippen LogP contribution in [0.2, 0.25) is 0 Å². The number of carbonyl (C=O) groups excluding carboxylic acids is 1. The van der Waals surface area contributed by atoms with Gasteiger partial charge in [0.1, 0.15) is 0 Å². The van der Waals surface area contributed by atoms with Crippen LogP contribution in [0.4, 0.5) is 4.39 Å². The van der Waals surface area contributed by atoms with Crippen molar-refractivity contribution in [2.75, 3.05) is 0 Å². The molecule has 0 aromatic carbocycles. The number of nitrogens with one attached hydrogen (secondary N) is 1. The summed E-state index contributed by atoms with van der Waals surface area (Å²) in [5, 5.41) is 3.10. The maximum absolute atomic E-state index is 14.0. The highest BCUT2D eigenvalue weighted by molar-refractivity contribution is 5.94. The van der Waals surface area contributed by atoms with Gasteiger partial charge in [0.2, 0.25) is 0 Å². The summed E-state index contributed by atoms with van der Waals surface area (Å²) in [7, 11) is 0. The molecule has 1 amide bonds. The molecule has 184 valence electrons. The number of carbonyl (C=O) groups is 1. The molecule has 0 spiro atoms. The number of amides is 1. The lowest BCUT2D eigenvalue weighted by molar-refractivity contribution is -0.0137. The molecule has 0 radical (unpaired) electrons. The Balaban J connectivity index is 1.19. The van der Waals surface area contributed by atoms with Gasteiger partial charge in [-0.25, -0.2) is 9.37 Å². The molecule has 2 aromatic heterocycles. The zero-order valence-electron chi connectivity index (χ0n) is 20.9. The van der Waals surface area contributed by atoms with Crippen LogP contribution >= 0.6 is 0 Å². The number of fused-ring (bicyclic) bond motifs is 5. The van der Waals surface area contributed by atoms with Crippen LogP contribution in [0.5, 0.6) is 0 Å². The van der Waals surface area contributed by atoms with Crippen molar-refractivity contribution in [3.05, 3.63) is 65.8 Å². The van der Waals surface area contributed by atoms with Crippen LogP contribution in [0.15, 0.2) is 48.7 Å². The zero-order chi connectivity index (χ0) is 24.4. The van der Waals surface area contributed by atoms with Gasteiger partial charge < -0.3 is 9.88 Å². The molecule has 6 atom stereocenters. The minimum atomic E-state index is -0.564. The average molecular weight is 475 g/mol. The molecular formula is C29H35FN4O. The number of hydrogen-bond acceptors (Lipinski definition) is 3. The predicted octanol–water partition coefficient (Wildman–Crippen LogP) is 5.94. The van der Waals surface area contributed by atoms with E-state index in [4.69, 9.17) is 0 Å². The van der Waals surface area contributed by atoms with Gasteiger partial charge in [-0.05, 0) is 81.1 Å². The third-order valence-corrected chi connectivity index (χ3v) is 9.99. The summed E-state index contributed by atoms with van der Waals surface area (Å²) in [6.07, 6.45) is 19.3. The van der Waals surface area contributed by atoms with Crippen LogP contribution in [0.3, 0.4) is 0 Å². The lowest BCUT2D eigenvalue weighted by Crippen LogP contribution is -2.51. The molecule has 0 saturated heterocycles. The molecule has 6 unspecified atom stereocenters. The first-order chi connectivity index (χ1) is 16.8. The Morgan fingerprint density at radius 2 is 1.97 bits per heavy atom. The highest BCUT2D eigenvalue weighted by Crippen LogP contribution is 2.65. The van der Waals surface area contributed by atoms with Gasteiger partial charge in [0, 0.05) is 29.5 Å². The smallest absolute Gasteiger partial charge is 0.254 e. The molecule has 5 nitrogen and oxygen atoms in total. The van der Waals surface area contributed by atoms with E-state index in [-0.39, 0.29) is 28.3 Å². The van der Waals surface area contributed by atoms with Gasteiger partial charge in [0.05, 0.1) is 23.8 Å². The van der Waals surface area contributed by atoms with Crippen LogP contribution in [0.1, 0.15) is 74.8 Å². The highest BCUT2D eigenvalue weighted by atomic mass is 19.1. The van der Waals surface area contributed by atoms with E-state index in [2.05, 4.69) is 59.0 Å². The van der Waals surface area contributed by atoms with Crippen molar-refractivity contribution in [2.24, 2.45) is 28.6 Å². The number of aryl methyl sites for hydroxylation is 1. The minimum absolute atomic E-state index is 0.0593. The van der Waals surface area contributed by atoms with Crippen LogP contribution in [0.25, 0.3) is 5.70 Å². The summed E-state index contributed by atoms with van der Waals surface area (Å²) in [5.41, 5.74) is 4.49. The Morgan fingerprint density at radius 1 is 1.14 bits per heavy atom. The van der Waals surface area contributed by atoms with Crippen molar-refractivity contribution in [3.8, 4) is 0 Å². The Morgan fingerprint density at radius 3 is 2.74 bits per heavy atom. The zero-order valence-corrected chi connectivity index (χ0v) is 20.9. The second-order valence-corrected chi connectivity index (χ2v) is 11.7. The van der Waals surface area contributed by atoms with Crippen molar-refractivity contribution in [1.82, 2.24) is 19.9 Å². The van der Waals surface area contributed by atoms with Gasteiger partial charge in [0.15, 0.2) is 5.82 Å². The topological polar surface area (TPSA) is 59.8 Å². The Kier molecular flexibility index (Phi) is 5.28. The van der Waals surface area contributed by atoms with Gasteiger partial charge >= 0.3 is 0 Å². The standard InChI is InChI=1S/C29H35FN4O/c1-18-16-34(17-32-18)26-7-6-23-21-5-4-19-14-20(33-27(35)22-10-13-31-15-25(22)30)8-11-28(19,2)24(21)9-12-29(23,26)3/h4,7,10,13,15-17,20-21,23-24H,5-6,8-9,11-12,14H2,1-3H3,(H,33,35). The third kappa shape index (κ3) is 3.51. The third-order valence-electron chi connectivity index (χ3n) is 9.99. The monoisotopic (exact) mass is 474 g/mol. The molecule has 4 aliphatic carbocycles. The Labute approximate surface area is 206 Å². The van der Waals surface area contributed by atoms with Gasteiger partial charge in [-0.2, -0.15) is 0 Å². The van der Waals surface area contributed by atoms with E-state index in [1.807, 2.05) is 6.33 Å². The molecule has 2 aromatic rings. The number of aromatic nitrogens is 3. The Bertz CT molecular complexity index is 1230. The molecule has 0 aliphatic heterocycles. The summed E-state index contributed by atoms with van der Waals surface area (Å²) < 4.78 is 16.3. The van der Waals surface area contributed by atoms with Gasteiger partial charge in [-0.15, -0.1) is 0 Å². The number of halogens is 1. The molecule has 35 heavy (non-hydrogen) atoms. The molecule has 1 N–H and O–H groups in total. The molecule has 0 bridgehead atoms.